The molecule has 2 aromatic heterocycles. The van der Waals surface area contributed by atoms with Crippen LogP contribution in [0.5, 0.6) is 0 Å². The molecule has 0 unspecified atom stereocenters. The molecule has 0 radical (unpaired) electrons. The Morgan fingerprint density at radius 3 is 2.77 bits per heavy atom. The average molecular weight is 423 g/mol. The Bertz CT molecular complexity index is 1130. The fraction of sp³-hybridized carbons (Fsp3) is 0.381. The quantitative estimate of drug-likeness (QED) is 0.607. The van der Waals surface area contributed by atoms with Crippen LogP contribution in [0.25, 0.3) is 11.2 Å². The molecule has 1 amide bonds. The predicted octanol–water partition coefficient (Wildman–Crippen LogP) is 1.68. The number of esters is 1. The van der Waals surface area contributed by atoms with Gasteiger partial charge in [0, 0.05) is 31.2 Å². The SMILES string of the molecule is CC(=O)O[C@@H]1C[C@@H](O)[C@@H]2C[C@@H](n3cnc4c(NC(=O)c5ccccc5)ncnc43)O[C@@H]21. The van der Waals surface area contributed by atoms with Gasteiger partial charge in [-0.3, -0.25) is 14.2 Å². The molecule has 1 saturated heterocycles. The number of hydrogen-bond acceptors (Lipinski definition) is 8. The Morgan fingerprint density at radius 2 is 2.00 bits per heavy atom. The van der Waals surface area contributed by atoms with Crippen molar-refractivity contribution in [3.8, 4) is 0 Å². The molecule has 2 aliphatic rings. The molecule has 2 fully saturated rings. The van der Waals surface area contributed by atoms with Crippen molar-refractivity contribution in [3.63, 3.8) is 0 Å². The van der Waals surface area contributed by atoms with E-state index in [2.05, 4.69) is 20.3 Å². The topological polar surface area (TPSA) is 128 Å². The van der Waals surface area contributed by atoms with Crippen molar-refractivity contribution >= 4 is 28.9 Å². The number of ether oxygens (including phenoxy) is 2. The molecule has 5 rings (SSSR count). The Balaban J connectivity index is 1.39. The molecule has 10 heteroatoms. The van der Waals surface area contributed by atoms with Crippen LogP contribution >= 0.6 is 0 Å². The minimum absolute atomic E-state index is 0.147. The van der Waals surface area contributed by atoms with Crippen LogP contribution in [0, 0.1) is 5.92 Å². The molecule has 2 N–H and O–H groups in total. The highest BCUT2D eigenvalue weighted by molar-refractivity contribution is 6.06. The number of anilines is 1. The van der Waals surface area contributed by atoms with Gasteiger partial charge in [-0.05, 0) is 12.1 Å². The third-order valence-corrected chi connectivity index (χ3v) is 5.80. The highest BCUT2D eigenvalue weighted by atomic mass is 16.6. The molecule has 3 aromatic rings. The standard InChI is InChI=1S/C21H21N5O5/c1-11(27)30-15-8-14(28)13-7-16(31-18(13)15)26-10-24-17-19(22-9-23-20(17)26)25-21(29)12-5-3-2-4-6-12/h2-6,9-10,13-16,18,28H,7-8H2,1H3,(H,22,23,25,29)/t13-,14+,15+,16-,18-/m0/s1. The van der Waals surface area contributed by atoms with Gasteiger partial charge in [0.05, 0.1) is 12.4 Å². The molecule has 0 spiro atoms. The number of rotatable bonds is 4. The molecule has 1 aromatic carbocycles. The number of aliphatic hydroxyl groups is 1. The van der Waals surface area contributed by atoms with Crippen molar-refractivity contribution in [1.29, 1.82) is 0 Å². The first kappa shape index (κ1) is 19.6. The van der Waals surface area contributed by atoms with E-state index in [1.54, 1.807) is 35.2 Å². The molecule has 3 heterocycles. The number of carbonyl (C=O) groups is 2. The van der Waals surface area contributed by atoms with E-state index >= 15 is 0 Å². The molecule has 0 bridgehead atoms. The first-order valence-electron chi connectivity index (χ1n) is 10.1. The number of benzene rings is 1. The highest BCUT2D eigenvalue weighted by Gasteiger charge is 2.52. The number of amides is 1. The number of imidazole rings is 1. The second-order valence-corrected chi connectivity index (χ2v) is 7.77. The fourth-order valence-electron chi connectivity index (χ4n) is 4.42. The largest absolute Gasteiger partial charge is 0.460 e. The van der Waals surface area contributed by atoms with Crippen LogP contribution in [0.15, 0.2) is 43.0 Å². The maximum atomic E-state index is 12.5. The van der Waals surface area contributed by atoms with Gasteiger partial charge in [0.1, 0.15) is 24.8 Å². The number of fused-ring (bicyclic) bond motifs is 2. The van der Waals surface area contributed by atoms with E-state index in [9.17, 15) is 14.7 Å². The first-order valence-corrected chi connectivity index (χ1v) is 10.1. The van der Waals surface area contributed by atoms with Crippen LogP contribution in [0.4, 0.5) is 5.82 Å². The van der Waals surface area contributed by atoms with Crippen molar-refractivity contribution in [2.24, 2.45) is 5.92 Å². The molecule has 1 saturated carbocycles. The van der Waals surface area contributed by atoms with Crippen LogP contribution in [0.2, 0.25) is 0 Å². The third kappa shape index (κ3) is 3.53. The van der Waals surface area contributed by atoms with Crippen molar-refractivity contribution in [1.82, 2.24) is 19.5 Å². The summed E-state index contributed by atoms with van der Waals surface area (Å²) in [4.78, 5) is 36.8. The summed E-state index contributed by atoms with van der Waals surface area (Å²) in [7, 11) is 0. The number of hydrogen-bond donors (Lipinski definition) is 2. The van der Waals surface area contributed by atoms with Gasteiger partial charge in [-0.2, -0.15) is 0 Å². The second-order valence-electron chi connectivity index (χ2n) is 7.77. The van der Waals surface area contributed by atoms with Crippen molar-refractivity contribution in [2.45, 2.75) is 44.3 Å². The van der Waals surface area contributed by atoms with Crippen molar-refractivity contribution in [2.75, 3.05) is 5.32 Å². The van der Waals surface area contributed by atoms with E-state index in [1.165, 1.54) is 13.3 Å². The summed E-state index contributed by atoms with van der Waals surface area (Å²) in [6.07, 6.45) is 1.93. The Hall–Kier alpha value is -3.37. The Kier molecular flexibility index (Phi) is 4.87. The van der Waals surface area contributed by atoms with Crippen LogP contribution in [-0.4, -0.2) is 54.8 Å². The molecule has 5 atom stereocenters. The smallest absolute Gasteiger partial charge is 0.302 e. The fourth-order valence-corrected chi connectivity index (χ4v) is 4.42. The van der Waals surface area contributed by atoms with Gasteiger partial charge in [-0.15, -0.1) is 0 Å². The maximum absolute atomic E-state index is 12.5. The Morgan fingerprint density at radius 1 is 1.19 bits per heavy atom. The van der Waals surface area contributed by atoms with Crippen molar-refractivity contribution in [3.05, 3.63) is 48.5 Å². The van der Waals surface area contributed by atoms with Gasteiger partial charge in [0.15, 0.2) is 17.0 Å². The average Bonchev–Trinajstić information content (AvgIpc) is 3.44. The maximum Gasteiger partial charge on any atom is 0.302 e. The number of nitrogens with one attached hydrogen (secondary N) is 1. The molecule has 160 valence electrons. The van der Waals surface area contributed by atoms with Gasteiger partial charge in [-0.1, -0.05) is 18.2 Å². The van der Waals surface area contributed by atoms with Crippen molar-refractivity contribution < 1.29 is 24.2 Å². The lowest BCUT2D eigenvalue weighted by Crippen LogP contribution is -2.28. The number of carbonyl (C=O) groups excluding carboxylic acids is 2. The zero-order valence-electron chi connectivity index (χ0n) is 16.7. The monoisotopic (exact) mass is 423 g/mol. The second kappa shape index (κ2) is 7.71. The summed E-state index contributed by atoms with van der Waals surface area (Å²) in [5.41, 5.74) is 1.44. The van der Waals surface area contributed by atoms with E-state index < -0.39 is 24.4 Å². The summed E-state index contributed by atoms with van der Waals surface area (Å²) in [6, 6.07) is 8.82. The molecule has 1 aliphatic carbocycles. The van der Waals surface area contributed by atoms with Crippen LogP contribution in [-0.2, 0) is 14.3 Å². The molecule has 1 aliphatic heterocycles. The number of aromatic nitrogens is 4. The minimum Gasteiger partial charge on any atom is -0.460 e. The van der Waals surface area contributed by atoms with Crippen LogP contribution in [0.3, 0.4) is 0 Å². The van der Waals surface area contributed by atoms with Gasteiger partial charge < -0.3 is 19.9 Å². The summed E-state index contributed by atoms with van der Waals surface area (Å²) in [5, 5.41) is 13.2. The molecule has 10 nitrogen and oxygen atoms in total. The van der Waals surface area contributed by atoms with Gasteiger partial charge in [-0.25, -0.2) is 15.0 Å². The number of nitrogens with zero attached hydrogens (tertiary/aromatic N) is 4. The van der Waals surface area contributed by atoms with Crippen LogP contribution in [0.1, 0.15) is 36.4 Å². The summed E-state index contributed by atoms with van der Waals surface area (Å²) in [6.45, 7) is 1.34. The lowest BCUT2D eigenvalue weighted by atomic mass is 10.0. The molecular weight excluding hydrogens is 402 g/mol. The summed E-state index contributed by atoms with van der Waals surface area (Å²) >= 11 is 0. The highest BCUT2D eigenvalue weighted by Crippen LogP contribution is 2.45. The van der Waals surface area contributed by atoms with E-state index in [0.717, 1.165) is 0 Å². The summed E-state index contributed by atoms with van der Waals surface area (Å²) in [5.74, 6) is -0.543. The lowest BCUT2D eigenvalue weighted by molar-refractivity contribution is -0.154. The normalized spacial score (nSPS) is 27.2. The zero-order chi connectivity index (χ0) is 21.5. The van der Waals surface area contributed by atoms with E-state index in [1.807, 2.05) is 6.07 Å². The van der Waals surface area contributed by atoms with E-state index in [0.29, 0.717) is 35.4 Å². The first-order chi connectivity index (χ1) is 15.0. The zero-order valence-corrected chi connectivity index (χ0v) is 16.7. The number of aliphatic hydroxyl groups excluding tert-OH is 1. The minimum atomic E-state index is -0.607. The molecule has 31 heavy (non-hydrogen) atoms. The van der Waals surface area contributed by atoms with Crippen LogP contribution < -0.4 is 5.32 Å². The lowest BCUT2D eigenvalue weighted by Gasteiger charge is -2.20. The van der Waals surface area contributed by atoms with E-state index in [4.69, 9.17) is 9.47 Å². The predicted molar refractivity (Wildman–Crippen MR) is 108 cm³/mol. The van der Waals surface area contributed by atoms with Gasteiger partial charge in [0.2, 0.25) is 0 Å². The van der Waals surface area contributed by atoms with Gasteiger partial charge >= 0.3 is 5.97 Å². The Labute approximate surface area is 177 Å². The third-order valence-electron chi connectivity index (χ3n) is 5.80. The summed E-state index contributed by atoms with van der Waals surface area (Å²) < 4.78 is 13.2. The van der Waals surface area contributed by atoms with Gasteiger partial charge in [0.25, 0.3) is 5.91 Å². The molecular formula is C21H21N5O5. The van der Waals surface area contributed by atoms with E-state index in [-0.39, 0.29) is 17.9 Å².